The zero-order valence-corrected chi connectivity index (χ0v) is 19.2. The Morgan fingerprint density at radius 2 is 1.97 bits per heavy atom. The third-order valence-corrected chi connectivity index (χ3v) is 7.20. The molecule has 2 aromatic rings. The second-order valence-electron chi connectivity index (χ2n) is 7.66. The Morgan fingerprint density at radius 3 is 2.63 bits per heavy atom. The van der Waals surface area contributed by atoms with Crippen LogP contribution in [0.1, 0.15) is 57.5 Å². The van der Waals surface area contributed by atoms with E-state index in [-0.39, 0.29) is 12.1 Å². The van der Waals surface area contributed by atoms with Crippen LogP contribution >= 0.6 is 11.8 Å². The summed E-state index contributed by atoms with van der Waals surface area (Å²) < 4.78 is 6.20. The molecule has 1 saturated heterocycles. The fourth-order valence-electron chi connectivity index (χ4n) is 4.52. The molecule has 1 aromatic carbocycles. The molecule has 0 N–H and O–H groups in total. The number of thioether (sulfide) groups is 1. The highest BCUT2D eigenvalue weighted by atomic mass is 32.2. The Hall–Kier alpha value is -2.21. The van der Waals surface area contributed by atoms with Crippen molar-refractivity contribution in [2.24, 2.45) is 4.99 Å². The molecule has 0 radical (unpaired) electrons. The van der Waals surface area contributed by atoms with Crippen LogP contribution in [0, 0.1) is 0 Å². The molecule has 2 aliphatic heterocycles. The number of benzene rings is 1. The Kier molecular flexibility index (Phi) is 6.52. The maximum absolute atomic E-state index is 6.20. The van der Waals surface area contributed by atoms with E-state index in [4.69, 9.17) is 9.73 Å². The number of aliphatic imine (C=N–C) groups is 1. The van der Waals surface area contributed by atoms with Crippen molar-refractivity contribution in [3.63, 3.8) is 0 Å². The van der Waals surface area contributed by atoms with Gasteiger partial charge in [0.2, 0.25) is 0 Å². The van der Waals surface area contributed by atoms with Crippen molar-refractivity contribution in [1.82, 2.24) is 9.88 Å². The van der Waals surface area contributed by atoms with Gasteiger partial charge in [-0.2, -0.15) is 0 Å². The number of ether oxygens (including phenoxy) is 1. The molecule has 160 valence electrons. The lowest BCUT2D eigenvalue weighted by Crippen LogP contribution is -2.35. The first-order valence-corrected chi connectivity index (χ1v) is 12.1. The van der Waals surface area contributed by atoms with E-state index in [2.05, 4.69) is 72.8 Å². The number of hydrogen-bond acceptors (Lipinski definition) is 6. The highest BCUT2D eigenvalue weighted by molar-refractivity contribution is 8.14. The van der Waals surface area contributed by atoms with Gasteiger partial charge in [0.25, 0.3) is 0 Å². The number of aromatic nitrogens is 1. The van der Waals surface area contributed by atoms with Crippen LogP contribution < -0.4 is 9.64 Å². The summed E-state index contributed by atoms with van der Waals surface area (Å²) >= 11 is 1.88. The molecule has 6 heteroatoms. The Labute approximate surface area is 184 Å². The minimum Gasteiger partial charge on any atom is -0.493 e. The molecular weight excluding hydrogens is 392 g/mol. The second kappa shape index (κ2) is 9.29. The largest absolute Gasteiger partial charge is 0.493 e. The molecule has 0 aliphatic carbocycles. The Morgan fingerprint density at radius 1 is 1.13 bits per heavy atom. The van der Waals surface area contributed by atoms with Crippen molar-refractivity contribution in [2.45, 2.75) is 52.2 Å². The summed E-state index contributed by atoms with van der Waals surface area (Å²) in [4.78, 5) is 14.7. The summed E-state index contributed by atoms with van der Waals surface area (Å²) in [6.45, 7) is 11.3. The van der Waals surface area contributed by atoms with E-state index >= 15 is 0 Å². The van der Waals surface area contributed by atoms with Gasteiger partial charge >= 0.3 is 0 Å². The molecule has 5 nitrogen and oxygen atoms in total. The van der Waals surface area contributed by atoms with Crippen LogP contribution in [0.3, 0.4) is 0 Å². The first kappa shape index (κ1) is 21.0. The average Bonchev–Trinajstić information content (AvgIpc) is 3.35. The van der Waals surface area contributed by atoms with E-state index in [1.54, 1.807) is 0 Å². The standard InChI is InChI=1S/C24H32N4OS/c1-5-17-16-30-24-26-22(20-11-9-10-14-25-20)23(28(17)24)19-13-12-18(27(6-2)7-3)15-21(19)29-8-4/h9-15,17,22-23H,5-8,16H2,1-4H3/t17-,22-,23+/m1/s1. The van der Waals surface area contributed by atoms with Gasteiger partial charge in [0.05, 0.1) is 18.3 Å². The van der Waals surface area contributed by atoms with Gasteiger partial charge in [0.15, 0.2) is 5.17 Å². The van der Waals surface area contributed by atoms with Crippen molar-refractivity contribution in [2.75, 3.05) is 30.3 Å². The zero-order chi connectivity index (χ0) is 21.1. The molecule has 30 heavy (non-hydrogen) atoms. The summed E-state index contributed by atoms with van der Waals surface area (Å²) in [5, 5.41) is 1.15. The SMILES string of the molecule is CCOc1cc(N(CC)CC)ccc1[C@H]1[C@@H](c2ccccn2)N=C2SC[C@@H](CC)N21. The molecular formula is C24H32N4OS. The van der Waals surface area contributed by atoms with Gasteiger partial charge in [0, 0.05) is 48.4 Å². The lowest BCUT2D eigenvalue weighted by atomic mass is 9.94. The van der Waals surface area contributed by atoms with E-state index in [0.29, 0.717) is 12.6 Å². The van der Waals surface area contributed by atoms with Crippen molar-refractivity contribution >= 4 is 22.6 Å². The predicted octanol–water partition coefficient (Wildman–Crippen LogP) is 5.31. The number of hydrogen-bond donors (Lipinski definition) is 0. The van der Waals surface area contributed by atoms with Gasteiger partial charge in [-0.1, -0.05) is 30.8 Å². The van der Waals surface area contributed by atoms with Crippen LogP contribution in [0.25, 0.3) is 0 Å². The molecule has 2 aliphatic rings. The van der Waals surface area contributed by atoms with Crippen molar-refractivity contribution in [1.29, 1.82) is 0 Å². The van der Waals surface area contributed by atoms with Crippen LogP contribution in [-0.4, -0.2) is 46.5 Å². The number of fused-ring (bicyclic) bond motifs is 1. The highest BCUT2D eigenvalue weighted by Crippen LogP contribution is 2.50. The number of rotatable bonds is 8. The minimum absolute atomic E-state index is 0.0124. The molecule has 0 spiro atoms. The fraction of sp³-hybridized carbons (Fsp3) is 0.500. The molecule has 1 fully saturated rings. The zero-order valence-electron chi connectivity index (χ0n) is 18.4. The molecule has 0 amide bonds. The monoisotopic (exact) mass is 424 g/mol. The molecule has 3 heterocycles. The summed E-state index contributed by atoms with van der Waals surface area (Å²) in [6.07, 6.45) is 2.98. The van der Waals surface area contributed by atoms with Crippen molar-refractivity contribution in [3.05, 3.63) is 53.9 Å². The first-order chi connectivity index (χ1) is 14.7. The minimum atomic E-state index is -0.0124. The van der Waals surface area contributed by atoms with Gasteiger partial charge in [-0.05, 0) is 45.4 Å². The second-order valence-corrected chi connectivity index (χ2v) is 8.65. The van der Waals surface area contributed by atoms with Gasteiger partial charge < -0.3 is 14.5 Å². The summed E-state index contributed by atoms with van der Waals surface area (Å²) in [7, 11) is 0. The molecule has 4 rings (SSSR count). The summed E-state index contributed by atoms with van der Waals surface area (Å²) in [6, 6.07) is 13.4. The maximum atomic E-state index is 6.20. The van der Waals surface area contributed by atoms with Gasteiger partial charge in [-0.25, -0.2) is 0 Å². The Bertz CT molecular complexity index is 884. The van der Waals surface area contributed by atoms with E-state index in [1.807, 2.05) is 24.0 Å². The third-order valence-electron chi connectivity index (χ3n) is 6.07. The lowest BCUT2D eigenvalue weighted by Gasteiger charge is -2.33. The smallest absolute Gasteiger partial charge is 0.160 e. The number of nitrogens with zero attached hydrogens (tertiary/aromatic N) is 4. The number of amidine groups is 1. The van der Waals surface area contributed by atoms with Crippen LogP contribution in [0.2, 0.25) is 0 Å². The van der Waals surface area contributed by atoms with Crippen molar-refractivity contribution < 1.29 is 4.74 Å². The van der Waals surface area contributed by atoms with E-state index in [1.165, 1.54) is 11.3 Å². The predicted molar refractivity (Wildman–Crippen MR) is 127 cm³/mol. The van der Waals surface area contributed by atoms with Crippen LogP contribution in [0.5, 0.6) is 5.75 Å². The summed E-state index contributed by atoms with van der Waals surface area (Å²) in [5.74, 6) is 2.07. The van der Waals surface area contributed by atoms with Gasteiger partial charge in [0.1, 0.15) is 11.8 Å². The van der Waals surface area contributed by atoms with Crippen LogP contribution in [0.15, 0.2) is 47.6 Å². The van der Waals surface area contributed by atoms with Crippen molar-refractivity contribution in [3.8, 4) is 5.75 Å². The van der Waals surface area contributed by atoms with E-state index in [0.717, 1.165) is 41.9 Å². The molecule has 0 unspecified atom stereocenters. The topological polar surface area (TPSA) is 41.0 Å². The molecule has 3 atom stereocenters. The van der Waals surface area contributed by atoms with Crippen LogP contribution in [-0.2, 0) is 0 Å². The van der Waals surface area contributed by atoms with E-state index < -0.39 is 0 Å². The molecule has 0 bridgehead atoms. The first-order valence-electron chi connectivity index (χ1n) is 11.1. The summed E-state index contributed by atoms with van der Waals surface area (Å²) in [5.41, 5.74) is 3.45. The number of anilines is 1. The van der Waals surface area contributed by atoms with Crippen LogP contribution in [0.4, 0.5) is 5.69 Å². The average molecular weight is 425 g/mol. The molecule has 1 aromatic heterocycles. The quantitative estimate of drug-likeness (QED) is 0.575. The molecule has 0 saturated carbocycles. The highest BCUT2D eigenvalue weighted by Gasteiger charge is 2.46. The normalized spacial score (nSPS) is 22.7. The lowest BCUT2D eigenvalue weighted by molar-refractivity contribution is 0.245. The maximum Gasteiger partial charge on any atom is 0.160 e. The number of pyridine rings is 1. The third kappa shape index (κ3) is 3.78. The van der Waals surface area contributed by atoms with Gasteiger partial charge in [-0.15, -0.1) is 0 Å². The van der Waals surface area contributed by atoms with Gasteiger partial charge in [-0.3, -0.25) is 9.98 Å². The Balaban J connectivity index is 1.80. The fourth-order valence-corrected chi connectivity index (χ4v) is 5.86. The van der Waals surface area contributed by atoms with E-state index in [9.17, 15) is 0 Å².